The van der Waals surface area contributed by atoms with Crippen molar-refractivity contribution in [3.8, 4) is 11.4 Å². The zero-order chi connectivity index (χ0) is 12.4. The molecule has 0 amide bonds. The van der Waals surface area contributed by atoms with Crippen LogP contribution in [0.4, 0.5) is 0 Å². The Labute approximate surface area is 106 Å². The molecule has 3 heterocycles. The Hall–Kier alpha value is -1.75. The Morgan fingerprint density at radius 2 is 2.33 bits per heavy atom. The second-order valence-corrected chi connectivity index (χ2v) is 4.80. The van der Waals surface area contributed by atoms with E-state index in [1.807, 2.05) is 30.2 Å². The first kappa shape index (κ1) is 11.3. The molecule has 2 aromatic heterocycles. The van der Waals surface area contributed by atoms with Gasteiger partial charge in [-0.05, 0) is 37.9 Å². The minimum absolute atomic E-state index is 0.710. The van der Waals surface area contributed by atoms with Crippen LogP contribution < -0.4 is 5.32 Å². The van der Waals surface area contributed by atoms with Crippen LogP contribution in [0.5, 0.6) is 0 Å². The van der Waals surface area contributed by atoms with Crippen LogP contribution >= 0.6 is 0 Å². The molecule has 5 heteroatoms. The van der Waals surface area contributed by atoms with Gasteiger partial charge < -0.3 is 5.32 Å². The van der Waals surface area contributed by atoms with Crippen LogP contribution in [0.15, 0.2) is 24.7 Å². The summed E-state index contributed by atoms with van der Waals surface area (Å²) in [6, 6.07) is 1.95. The molecule has 5 nitrogen and oxygen atoms in total. The fourth-order valence-electron chi connectivity index (χ4n) is 2.40. The molecule has 94 valence electrons. The summed E-state index contributed by atoms with van der Waals surface area (Å²) in [7, 11) is 1.91. The highest BCUT2D eigenvalue weighted by Crippen LogP contribution is 2.16. The van der Waals surface area contributed by atoms with Gasteiger partial charge in [0.25, 0.3) is 0 Å². The molecule has 0 saturated carbocycles. The number of hydrogen-bond acceptors (Lipinski definition) is 4. The zero-order valence-electron chi connectivity index (χ0n) is 10.5. The monoisotopic (exact) mass is 243 g/mol. The lowest BCUT2D eigenvalue weighted by atomic mass is 10.0. The summed E-state index contributed by atoms with van der Waals surface area (Å²) in [5, 5.41) is 7.51. The van der Waals surface area contributed by atoms with E-state index < -0.39 is 0 Å². The van der Waals surface area contributed by atoms with Gasteiger partial charge in [0.1, 0.15) is 5.69 Å². The summed E-state index contributed by atoms with van der Waals surface area (Å²) in [4.78, 5) is 8.99. The minimum atomic E-state index is 0.710. The van der Waals surface area contributed by atoms with Crippen molar-refractivity contribution in [3.05, 3.63) is 30.4 Å². The largest absolute Gasteiger partial charge is 0.316 e. The van der Waals surface area contributed by atoms with E-state index in [0.29, 0.717) is 5.92 Å². The van der Waals surface area contributed by atoms with Gasteiger partial charge in [0, 0.05) is 19.4 Å². The smallest absolute Gasteiger partial charge is 0.107 e. The van der Waals surface area contributed by atoms with Gasteiger partial charge in [0.15, 0.2) is 0 Å². The molecule has 1 fully saturated rings. The van der Waals surface area contributed by atoms with Gasteiger partial charge in [-0.3, -0.25) is 14.6 Å². The topological polar surface area (TPSA) is 55.6 Å². The molecular weight excluding hydrogens is 226 g/mol. The molecule has 0 aliphatic carbocycles. The maximum Gasteiger partial charge on any atom is 0.107 e. The van der Waals surface area contributed by atoms with Crippen molar-refractivity contribution < 1.29 is 0 Å². The van der Waals surface area contributed by atoms with Crippen LogP contribution in [0.2, 0.25) is 0 Å². The van der Waals surface area contributed by atoms with Gasteiger partial charge >= 0.3 is 0 Å². The number of nitrogens with one attached hydrogen (secondary N) is 1. The average Bonchev–Trinajstić information content (AvgIpc) is 3.02. The Balaban J connectivity index is 1.74. The standard InChI is InChI=1S/C13H17N5/c1-18-13(3-5-17-18)12-9-15-11(8-16-12)6-10-2-4-14-7-10/h3,5,8-10,14H,2,4,6-7H2,1H3/t10-/m1/s1. The Morgan fingerprint density at radius 1 is 1.39 bits per heavy atom. The van der Waals surface area contributed by atoms with Crippen molar-refractivity contribution >= 4 is 0 Å². The van der Waals surface area contributed by atoms with E-state index in [1.165, 1.54) is 6.42 Å². The lowest BCUT2D eigenvalue weighted by molar-refractivity contribution is 0.570. The SMILES string of the molecule is Cn1nccc1-c1cnc(C[C@H]2CCNC2)cn1. The first-order chi connectivity index (χ1) is 8.83. The van der Waals surface area contributed by atoms with Crippen LogP contribution in [-0.2, 0) is 13.5 Å². The van der Waals surface area contributed by atoms with E-state index in [0.717, 1.165) is 36.6 Å². The molecule has 0 bridgehead atoms. The zero-order valence-corrected chi connectivity index (χ0v) is 10.5. The maximum atomic E-state index is 4.51. The summed E-state index contributed by atoms with van der Waals surface area (Å²) in [5.74, 6) is 0.710. The van der Waals surface area contributed by atoms with E-state index in [4.69, 9.17) is 0 Å². The summed E-state index contributed by atoms with van der Waals surface area (Å²) in [6.45, 7) is 2.23. The first-order valence-electron chi connectivity index (χ1n) is 6.33. The molecule has 0 unspecified atom stereocenters. The molecule has 18 heavy (non-hydrogen) atoms. The van der Waals surface area contributed by atoms with Crippen LogP contribution in [0.25, 0.3) is 11.4 Å². The molecule has 1 aliphatic heterocycles. The van der Waals surface area contributed by atoms with Crippen molar-refractivity contribution in [1.82, 2.24) is 25.1 Å². The quantitative estimate of drug-likeness (QED) is 0.874. The van der Waals surface area contributed by atoms with E-state index in [1.54, 1.807) is 6.20 Å². The van der Waals surface area contributed by atoms with Crippen molar-refractivity contribution in [2.24, 2.45) is 13.0 Å². The fourth-order valence-corrected chi connectivity index (χ4v) is 2.40. The van der Waals surface area contributed by atoms with E-state index in [2.05, 4.69) is 20.4 Å². The number of nitrogens with zero attached hydrogens (tertiary/aromatic N) is 4. The molecule has 1 aliphatic rings. The van der Waals surface area contributed by atoms with E-state index in [9.17, 15) is 0 Å². The molecule has 0 radical (unpaired) electrons. The van der Waals surface area contributed by atoms with Gasteiger partial charge in [-0.15, -0.1) is 0 Å². The van der Waals surface area contributed by atoms with Crippen LogP contribution in [0.1, 0.15) is 12.1 Å². The molecule has 1 N–H and O–H groups in total. The van der Waals surface area contributed by atoms with Gasteiger partial charge in [0.2, 0.25) is 0 Å². The molecular formula is C13H17N5. The number of rotatable bonds is 3. The van der Waals surface area contributed by atoms with Crippen molar-refractivity contribution in [1.29, 1.82) is 0 Å². The summed E-state index contributed by atoms with van der Waals surface area (Å²) in [5.41, 5.74) is 2.95. The molecule has 1 atom stereocenters. The third-order valence-electron chi connectivity index (χ3n) is 3.45. The van der Waals surface area contributed by atoms with E-state index in [-0.39, 0.29) is 0 Å². The van der Waals surface area contributed by atoms with Crippen LogP contribution in [0, 0.1) is 5.92 Å². The number of aromatic nitrogens is 4. The van der Waals surface area contributed by atoms with Gasteiger partial charge in [-0.2, -0.15) is 5.10 Å². The number of aryl methyl sites for hydroxylation is 1. The molecule has 0 aromatic carbocycles. The Kier molecular flexibility index (Phi) is 3.06. The Morgan fingerprint density at radius 3 is 2.94 bits per heavy atom. The summed E-state index contributed by atoms with van der Waals surface area (Å²) >= 11 is 0. The summed E-state index contributed by atoms with van der Waals surface area (Å²) < 4.78 is 1.81. The lowest BCUT2D eigenvalue weighted by Gasteiger charge is -2.07. The van der Waals surface area contributed by atoms with Gasteiger partial charge in [-0.1, -0.05) is 0 Å². The predicted octanol–water partition coefficient (Wildman–Crippen LogP) is 1.03. The van der Waals surface area contributed by atoms with Gasteiger partial charge in [0.05, 0.1) is 17.6 Å². The second-order valence-electron chi connectivity index (χ2n) is 4.80. The maximum absolute atomic E-state index is 4.51. The third kappa shape index (κ3) is 2.26. The van der Waals surface area contributed by atoms with Crippen molar-refractivity contribution in [3.63, 3.8) is 0 Å². The normalized spacial score (nSPS) is 19.3. The highest BCUT2D eigenvalue weighted by atomic mass is 15.3. The van der Waals surface area contributed by atoms with Crippen molar-refractivity contribution in [2.45, 2.75) is 12.8 Å². The highest BCUT2D eigenvalue weighted by molar-refractivity contribution is 5.52. The second kappa shape index (κ2) is 4.86. The molecule has 2 aromatic rings. The van der Waals surface area contributed by atoms with Gasteiger partial charge in [-0.25, -0.2) is 0 Å². The first-order valence-corrected chi connectivity index (χ1v) is 6.33. The van der Waals surface area contributed by atoms with Crippen LogP contribution in [0.3, 0.4) is 0 Å². The predicted molar refractivity (Wildman–Crippen MR) is 68.9 cm³/mol. The number of hydrogen-bond donors (Lipinski definition) is 1. The fraction of sp³-hybridized carbons (Fsp3) is 0.462. The third-order valence-corrected chi connectivity index (χ3v) is 3.45. The van der Waals surface area contributed by atoms with Crippen LogP contribution in [-0.4, -0.2) is 32.8 Å². The molecule has 0 spiro atoms. The summed E-state index contributed by atoms with van der Waals surface area (Å²) in [6.07, 6.45) is 7.77. The Bertz CT molecular complexity index is 510. The minimum Gasteiger partial charge on any atom is -0.316 e. The molecule has 3 rings (SSSR count). The average molecular weight is 243 g/mol. The highest BCUT2D eigenvalue weighted by Gasteiger charge is 2.15. The van der Waals surface area contributed by atoms with E-state index >= 15 is 0 Å². The lowest BCUT2D eigenvalue weighted by Crippen LogP contribution is -2.11. The molecule has 1 saturated heterocycles. The van der Waals surface area contributed by atoms with Crippen molar-refractivity contribution in [2.75, 3.05) is 13.1 Å².